The maximum absolute atomic E-state index is 5.50. The van der Waals surface area contributed by atoms with Crippen molar-refractivity contribution in [1.29, 1.82) is 0 Å². The van der Waals surface area contributed by atoms with Gasteiger partial charge in [-0.15, -0.1) is 0 Å². The fourth-order valence-electron chi connectivity index (χ4n) is 2.01. The van der Waals surface area contributed by atoms with E-state index in [2.05, 4.69) is 20.7 Å². The van der Waals surface area contributed by atoms with Crippen LogP contribution in [0.1, 0.15) is 22.8 Å². The Morgan fingerprint density at radius 3 is 2.65 bits per heavy atom. The van der Waals surface area contributed by atoms with Gasteiger partial charge in [-0.1, -0.05) is 0 Å². The van der Waals surface area contributed by atoms with E-state index in [1.807, 2.05) is 37.7 Å². The summed E-state index contributed by atoms with van der Waals surface area (Å²) in [6.45, 7) is 5.29. The Bertz CT molecular complexity index is 596. The molecular weight excluding hydrogens is 254 g/mol. The Kier molecular flexibility index (Phi) is 4.45. The van der Waals surface area contributed by atoms with Crippen molar-refractivity contribution >= 4 is 5.96 Å². The maximum atomic E-state index is 5.50. The predicted molar refractivity (Wildman–Crippen MR) is 78.4 cm³/mol. The van der Waals surface area contributed by atoms with E-state index in [0.29, 0.717) is 13.1 Å². The normalized spacial score (nSPS) is 11.7. The van der Waals surface area contributed by atoms with Gasteiger partial charge in [0.25, 0.3) is 0 Å². The minimum Gasteiger partial charge on any atom is -0.466 e. The zero-order chi connectivity index (χ0) is 14.5. The zero-order valence-electron chi connectivity index (χ0n) is 12.4. The van der Waals surface area contributed by atoms with E-state index in [1.165, 1.54) is 0 Å². The van der Waals surface area contributed by atoms with Crippen molar-refractivity contribution in [2.45, 2.75) is 26.9 Å². The molecule has 0 radical (unpaired) electrons. The van der Waals surface area contributed by atoms with Gasteiger partial charge in [-0.3, -0.25) is 9.67 Å². The second-order valence-corrected chi connectivity index (χ2v) is 4.66. The van der Waals surface area contributed by atoms with Gasteiger partial charge < -0.3 is 15.1 Å². The third kappa shape index (κ3) is 3.40. The molecule has 0 aliphatic carbocycles. The summed E-state index contributed by atoms with van der Waals surface area (Å²) in [5.41, 5.74) is 2.24. The number of nitrogens with one attached hydrogen (secondary N) is 2. The van der Waals surface area contributed by atoms with E-state index in [0.717, 1.165) is 28.7 Å². The van der Waals surface area contributed by atoms with Crippen LogP contribution in [-0.4, -0.2) is 22.8 Å². The number of rotatable bonds is 4. The Morgan fingerprint density at radius 2 is 2.10 bits per heavy atom. The predicted octanol–water partition coefficient (Wildman–Crippen LogP) is 1.50. The first kappa shape index (κ1) is 14.2. The summed E-state index contributed by atoms with van der Waals surface area (Å²) in [7, 11) is 3.68. The molecule has 2 aromatic rings. The number of aryl methyl sites for hydroxylation is 3. The highest BCUT2D eigenvalue weighted by molar-refractivity contribution is 5.79. The fourth-order valence-corrected chi connectivity index (χ4v) is 2.01. The lowest BCUT2D eigenvalue weighted by Gasteiger charge is -2.11. The lowest BCUT2D eigenvalue weighted by molar-refractivity contribution is 0.500. The molecule has 0 saturated carbocycles. The molecule has 0 atom stereocenters. The van der Waals surface area contributed by atoms with E-state index in [4.69, 9.17) is 4.42 Å². The molecule has 0 aliphatic heterocycles. The van der Waals surface area contributed by atoms with Crippen LogP contribution < -0.4 is 10.6 Å². The van der Waals surface area contributed by atoms with Gasteiger partial charge in [-0.2, -0.15) is 5.10 Å². The van der Waals surface area contributed by atoms with Crippen LogP contribution in [0.3, 0.4) is 0 Å². The number of furan rings is 1. The van der Waals surface area contributed by atoms with Gasteiger partial charge in [0.15, 0.2) is 5.96 Å². The maximum Gasteiger partial charge on any atom is 0.191 e. The van der Waals surface area contributed by atoms with Crippen LogP contribution in [0, 0.1) is 13.8 Å². The number of hydrogen-bond acceptors (Lipinski definition) is 3. The topological polar surface area (TPSA) is 67.4 Å². The van der Waals surface area contributed by atoms with Crippen molar-refractivity contribution in [2.24, 2.45) is 12.0 Å². The highest BCUT2D eigenvalue weighted by atomic mass is 16.3. The third-order valence-corrected chi connectivity index (χ3v) is 3.17. The van der Waals surface area contributed by atoms with E-state index < -0.39 is 0 Å². The molecule has 0 bridgehead atoms. The van der Waals surface area contributed by atoms with Crippen molar-refractivity contribution in [1.82, 2.24) is 20.4 Å². The van der Waals surface area contributed by atoms with Crippen molar-refractivity contribution in [3.63, 3.8) is 0 Å². The summed E-state index contributed by atoms with van der Waals surface area (Å²) >= 11 is 0. The van der Waals surface area contributed by atoms with Gasteiger partial charge >= 0.3 is 0 Å². The number of nitrogens with zero attached hydrogens (tertiary/aromatic N) is 3. The van der Waals surface area contributed by atoms with Crippen molar-refractivity contribution < 1.29 is 4.42 Å². The fraction of sp³-hybridized carbons (Fsp3) is 0.429. The molecule has 2 heterocycles. The largest absolute Gasteiger partial charge is 0.466 e. The van der Waals surface area contributed by atoms with E-state index in [9.17, 15) is 0 Å². The summed E-state index contributed by atoms with van der Waals surface area (Å²) in [5.74, 6) is 2.62. The molecule has 6 nitrogen and oxygen atoms in total. The lowest BCUT2D eigenvalue weighted by Crippen LogP contribution is -2.36. The molecule has 2 aromatic heterocycles. The van der Waals surface area contributed by atoms with Gasteiger partial charge in [0.05, 0.1) is 12.2 Å². The van der Waals surface area contributed by atoms with Crippen molar-refractivity contribution in [2.75, 3.05) is 7.05 Å². The number of aliphatic imine (C=N–C) groups is 1. The van der Waals surface area contributed by atoms with Gasteiger partial charge in [0.1, 0.15) is 11.5 Å². The molecule has 20 heavy (non-hydrogen) atoms. The minimum absolute atomic E-state index is 0.680. The molecule has 0 aliphatic rings. The third-order valence-electron chi connectivity index (χ3n) is 3.17. The molecule has 2 rings (SSSR count). The van der Waals surface area contributed by atoms with Gasteiger partial charge in [0, 0.05) is 32.4 Å². The van der Waals surface area contributed by atoms with Crippen LogP contribution in [0.15, 0.2) is 27.7 Å². The van der Waals surface area contributed by atoms with Crippen molar-refractivity contribution in [3.8, 4) is 0 Å². The molecule has 108 valence electrons. The van der Waals surface area contributed by atoms with E-state index >= 15 is 0 Å². The van der Waals surface area contributed by atoms with Crippen LogP contribution in [0.5, 0.6) is 0 Å². The first-order chi connectivity index (χ1) is 9.60. The summed E-state index contributed by atoms with van der Waals surface area (Å²) < 4.78 is 7.34. The quantitative estimate of drug-likeness (QED) is 0.655. The monoisotopic (exact) mass is 275 g/mol. The van der Waals surface area contributed by atoms with Crippen LogP contribution in [0.4, 0.5) is 0 Å². The second kappa shape index (κ2) is 6.27. The standard InChI is InChI=1S/C14H21N5O/c1-10-7-12(11(2)20-10)8-16-14(15-3)17-9-13-5-6-18-19(13)4/h5-7H,8-9H2,1-4H3,(H2,15,16,17). The number of aromatic nitrogens is 2. The first-order valence-corrected chi connectivity index (χ1v) is 6.57. The van der Waals surface area contributed by atoms with Crippen LogP contribution in [0.25, 0.3) is 0 Å². The SMILES string of the molecule is CN=C(NCc1cc(C)oc1C)NCc1ccnn1C. The molecule has 0 aromatic carbocycles. The number of guanidine groups is 1. The van der Waals surface area contributed by atoms with Gasteiger partial charge in [-0.25, -0.2) is 0 Å². The molecule has 6 heteroatoms. The summed E-state index contributed by atoms with van der Waals surface area (Å²) in [6.07, 6.45) is 1.78. The lowest BCUT2D eigenvalue weighted by atomic mass is 10.2. The highest BCUT2D eigenvalue weighted by Crippen LogP contribution is 2.12. The summed E-state index contributed by atoms with van der Waals surface area (Å²) in [6, 6.07) is 4.01. The Balaban J connectivity index is 1.87. The summed E-state index contributed by atoms with van der Waals surface area (Å²) in [4.78, 5) is 4.20. The highest BCUT2D eigenvalue weighted by Gasteiger charge is 2.06. The van der Waals surface area contributed by atoms with Gasteiger partial charge in [0.2, 0.25) is 0 Å². The molecular formula is C14H21N5O. The molecule has 0 amide bonds. The summed E-state index contributed by atoms with van der Waals surface area (Å²) in [5, 5.41) is 10.7. The zero-order valence-corrected chi connectivity index (χ0v) is 12.4. The molecule has 0 unspecified atom stereocenters. The average molecular weight is 275 g/mol. The number of hydrogen-bond donors (Lipinski definition) is 2. The Morgan fingerprint density at radius 1 is 1.35 bits per heavy atom. The smallest absolute Gasteiger partial charge is 0.191 e. The average Bonchev–Trinajstić information content (AvgIpc) is 2.96. The van der Waals surface area contributed by atoms with Crippen LogP contribution in [0.2, 0.25) is 0 Å². The van der Waals surface area contributed by atoms with E-state index in [1.54, 1.807) is 13.2 Å². The minimum atomic E-state index is 0.680. The molecule has 2 N–H and O–H groups in total. The van der Waals surface area contributed by atoms with Crippen molar-refractivity contribution in [3.05, 3.63) is 41.1 Å². The molecule has 0 fully saturated rings. The van der Waals surface area contributed by atoms with Crippen LogP contribution in [-0.2, 0) is 20.1 Å². The van der Waals surface area contributed by atoms with Crippen LogP contribution >= 0.6 is 0 Å². The van der Waals surface area contributed by atoms with Gasteiger partial charge in [-0.05, 0) is 26.0 Å². The van der Waals surface area contributed by atoms with E-state index in [-0.39, 0.29) is 0 Å². The molecule has 0 spiro atoms. The molecule has 0 saturated heterocycles. The Labute approximate surface area is 118 Å². The second-order valence-electron chi connectivity index (χ2n) is 4.66. The Hall–Kier alpha value is -2.24. The first-order valence-electron chi connectivity index (χ1n) is 6.57.